The number of aromatic nitrogens is 1. The lowest BCUT2D eigenvalue weighted by Crippen LogP contribution is -2.17. The summed E-state index contributed by atoms with van der Waals surface area (Å²) in [5.41, 5.74) is 3.23. The lowest BCUT2D eigenvalue weighted by atomic mass is 10.2. The van der Waals surface area contributed by atoms with Crippen molar-refractivity contribution in [3.05, 3.63) is 52.3 Å². The first-order chi connectivity index (χ1) is 11.1. The molecule has 5 heteroatoms. The second-order valence-electron chi connectivity index (χ2n) is 5.97. The Morgan fingerprint density at radius 1 is 1.17 bits per heavy atom. The summed E-state index contributed by atoms with van der Waals surface area (Å²) in [6, 6.07) is 9.98. The van der Waals surface area contributed by atoms with E-state index < -0.39 is 0 Å². The molecule has 1 aromatic heterocycles. The van der Waals surface area contributed by atoms with Crippen molar-refractivity contribution in [3.8, 4) is 0 Å². The molecule has 1 aromatic carbocycles. The van der Waals surface area contributed by atoms with E-state index in [0.717, 1.165) is 21.4 Å². The number of pyridine rings is 1. The summed E-state index contributed by atoms with van der Waals surface area (Å²) in [7, 11) is 0. The molecule has 2 N–H and O–H groups in total. The molecule has 1 heterocycles. The van der Waals surface area contributed by atoms with Crippen LogP contribution in [0.5, 0.6) is 0 Å². The van der Waals surface area contributed by atoms with Crippen molar-refractivity contribution in [2.24, 2.45) is 0 Å². The molecule has 1 aliphatic rings. The van der Waals surface area contributed by atoms with E-state index in [1.54, 1.807) is 6.20 Å². The lowest BCUT2D eigenvalue weighted by molar-refractivity contribution is 0.102. The SMILES string of the molecule is Cc1cc(NC(=O)c2cc(NC3CCCC3)ccn2)ccc1Br. The average molecular weight is 374 g/mol. The normalized spacial score (nSPS) is 14.7. The summed E-state index contributed by atoms with van der Waals surface area (Å²) in [5, 5.41) is 6.39. The second kappa shape index (κ2) is 7.13. The first-order valence-electron chi connectivity index (χ1n) is 7.92. The van der Waals surface area contributed by atoms with Gasteiger partial charge in [0.1, 0.15) is 5.69 Å². The van der Waals surface area contributed by atoms with Gasteiger partial charge in [-0.1, -0.05) is 28.8 Å². The maximum atomic E-state index is 12.4. The molecule has 2 aromatic rings. The minimum absolute atomic E-state index is 0.193. The first kappa shape index (κ1) is 16.0. The van der Waals surface area contributed by atoms with E-state index in [1.165, 1.54) is 25.7 Å². The van der Waals surface area contributed by atoms with Gasteiger partial charge in [0.2, 0.25) is 0 Å². The Morgan fingerprint density at radius 2 is 1.96 bits per heavy atom. The zero-order valence-corrected chi connectivity index (χ0v) is 14.7. The minimum atomic E-state index is -0.193. The van der Waals surface area contributed by atoms with Crippen LogP contribution in [0.1, 0.15) is 41.7 Å². The van der Waals surface area contributed by atoms with E-state index >= 15 is 0 Å². The summed E-state index contributed by atoms with van der Waals surface area (Å²) in [6.45, 7) is 1.99. The second-order valence-corrected chi connectivity index (χ2v) is 6.83. The van der Waals surface area contributed by atoms with Crippen LogP contribution < -0.4 is 10.6 Å². The van der Waals surface area contributed by atoms with Crippen LogP contribution in [0.25, 0.3) is 0 Å². The molecule has 1 aliphatic carbocycles. The van der Waals surface area contributed by atoms with Gasteiger partial charge in [-0.2, -0.15) is 0 Å². The minimum Gasteiger partial charge on any atom is -0.382 e. The van der Waals surface area contributed by atoms with E-state index in [9.17, 15) is 4.79 Å². The molecular formula is C18H20BrN3O. The first-order valence-corrected chi connectivity index (χ1v) is 8.71. The molecule has 0 saturated heterocycles. The van der Waals surface area contributed by atoms with Gasteiger partial charge in [-0.25, -0.2) is 0 Å². The number of rotatable bonds is 4. The predicted molar refractivity (Wildman–Crippen MR) is 96.9 cm³/mol. The Labute approximate surface area is 144 Å². The smallest absolute Gasteiger partial charge is 0.274 e. The van der Waals surface area contributed by atoms with Crippen LogP contribution in [0.15, 0.2) is 41.0 Å². The number of anilines is 2. The average Bonchev–Trinajstić information content (AvgIpc) is 3.04. The third-order valence-electron chi connectivity index (χ3n) is 4.13. The van der Waals surface area contributed by atoms with Gasteiger partial charge in [0.25, 0.3) is 5.91 Å². The number of nitrogens with zero attached hydrogens (tertiary/aromatic N) is 1. The Bertz CT molecular complexity index is 711. The number of halogens is 1. The van der Waals surface area contributed by atoms with Crippen LogP contribution in [0.3, 0.4) is 0 Å². The highest BCUT2D eigenvalue weighted by atomic mass is 79.9. The highest BCUT2D eigenvalue weighted by molar-refractivity contribution is 9.10. The number of carbonyl (C=O) groups excluding carboxylic acids is 1. The van der Waals surface area contributed by atoms with Crippen LogP contribution in [0, 0.1) is 6.92 Å². The summed E-state index contributed by atoms with van der Waals surface area (Å²) >= 11 is 3.46. The van der Waals surface area contributed by atoms with E-state index in [0.29, 0.717) is 11.7 Å². The fraction of sp³-hybridized carbons (Fsp3) is 0.333. The Balaban J connectivity index is 1.70. The van der Waals surface area contributed by atoms with Crippen molar-refractivity contribution in [3.63, 3.8) is 0 Å². The van der Waals surface area contributed by atoms with Crippen molar-refractivity contribution < 1.29 is 4.79 Å². The van der Waals surface area contributed by atoms with Crippen molar-refractivity contribution in [1.82, 2.24) is 4.98 Å². The van der Waals surface area contributed by atoms with Crippen LogP contribution in [-0.4, -0.2) is 16.9 Å². The summed E-state index contributed by atoms with van der Waals surface area (Å²) in [6.07, 6.45) is 6.63. The van der Waals surface area contributed by atoms with Gasteiger partial charge in [0.05, 0.1) is 0 Å². The Kier molecular flexibility index (Phi) is 4.96. The third-order valence-corrected chi connectivity index (χ3v) is 5.02. The predicted octanol–water partition coefficient (Wildman–Crippen LogP) is 4.76. The Morgan fingerprint density at radius 3 is 2.70 bits per heavy atom. The largest absolute Gasteiger partial charge is 0.382 e. The molecule has 0 bridgehead atoms. The molecule has 0 spiro atoms. The molecule has 1 saturated carbocycles. The zero-order chi connectivity index (χ0) is 16.2. The molecule has 0 aliphatic heterocycles. The number of hydrogen-bond acceptors (Lipinski definition) is 3. The molecule has 3 rings (SSSR count). The van der Waals surface area contributed by atoms with Gasteiger partial charge in [-0.15, -0.1) is 0 Å². The molecule has 4 nitrogen and oxygen atoms in total. The lowest BCUT2D eigenvalue weighted by Gasteiger charge is -2.14. The third kappa shape index (κ3) is 4.10. The number of hydrogen-bond donors (Lipinski definition) is 2. The van der Waals surface area contributed by atoms with Gasteiger partial charge in [-0.05, 0) is 55.7 Å². The van der Waals surface area contributed by atoms with Gasteiger partial charge in [0, 0.05) is 28.1 Å². The van der Waals surface area contributed by atoms with Gasteiger partial charge >= 0.3 is 0 Å². The maximum Gasteiger partial charge on any atom is 0.274 e. The highest BCUT2D eigenvalue weighted by Gasteiger charge is 2.15. The molecule has 1 amide bonds. The number of benzene rings is 1. The zero-order valence-electron chi connectivity index (χ0n) is 13.1. The number of carbonyl (C=O) groups is 1. The number of nitrogens with one attached hydrogen (secondary N) is 2. The van der Waals surface area contributed by atoms with Crippen LogP contribution in [0.2, 0.25) is 0 Å². The number of aryl methyl sites for hydroxylation is 1. The molecule has 0 radical (unpaired) electrons. The monoisotopic (exact) mass is 373 g/mol. The molecule has 0 unspecified atom stereocenters. The van der Waals surface area contributed by atoms with Crippen molar-refractivity contribution in [2.75, 3.05) is 10.6 Å². The van der Waals surface area contributed by atoms with E-state index in [1.807, 2.05) is 37.3 Å². The van der Waals surface area contributed by atoms with Crippen LogP contribution >= 0.6 is 15.9 Å². The summed E-state index contributed by atoms with van der Waals surface area (Å²) in [5.74, 6) is -0.193. The fourth-order valence-corrected chi connectivity index (χ4v) is 3.11. The quantitative estimate of drug-likeness (QED) is 0.811. The molecule has 1 fully saturated rings. The number of amides is 1. The summed E-state index contributed by atoms with van der Waals surface area (Å²) < 4.78 is 1.02. The molecule has 120 valence electrons. The van der Waals surface area contributed by atoms with Crippen molar-refractivity contribution >= 4 is 33.2 Å². The molecule has 23 heavy (non-hydrogen) atoms. The maximum absolute atomic E-state index is 12.4. The van der Waals surface area contributed by atoms with Gasteiger partial charge in [0.15, 0.2) is 0 Å². The van der Waals surface area contributed by atoms with Crippen molar-refractivity contribution in [2.45, 2.75) is 38.6 Å². The van der Waals surface area contributed by atoms with Crippen LogP contribution in [0.4, 0.5) is 11.4 Å². The van der Waals surface area contributed by atoms with E-state index in [-0.39, 0.29) is 5.91 Å². The Hall–Kier alpha value is -1.88. The van der Waals surface area contributed by atoms with Gasteiger partial charge < -0.3 is 10.6 Å². The summed E-state index contributed by atoms with van der Waals surface area (Å²) in [4.78, 5) is 16.6. The standard InChI is InChI=1S/C18H20BrN3O/c1-12-10-14(6-7-16(12)19)22-18(23)17-11-15(8-9-20-17)21-13-4-2-3-5-13/h6-11,13H,2-5H2,1H3,(H,20,21)(H,22,23). The van der Waals surface area contributed by atoms with E-state index in [4.69, 9.17) is 0 Å². The molecular weight excluding hydrogens is 354 g/mol. The molecule has 0 atom stereocenters. The topological polar surface area (TPSA) is 54.0 Å². The fourth-order valence-electron chi connectivity index (χ4n) is 2.87. The van der Waals surface area contributed by atoms with Crippen molar-refractivity contribution in [1.29, 1.82) is 0 Å². The van der Waals surface area contributed by atoms with Crippen LogP contribution in [-0.2, 0) is 0 Å². The van der Waals surface area contributed by atoms with E-state index in [2.05, 4.69) is 31.5 Å². The highest BCUT2D eigenvalue weighted by Crippen LogP contribution is 2.23. The van der Waals surface area contributed by atoms with Gasteiger partial charge in [-0.3, -0.25) is 9.78 Å².